The molecule has 0 unspecified atom stereocenters. The Morgan fingerprint density at radius 2 is 2.03 bits per heavy atom. The Labute approximate surface area is 193 Å². The summed E-state index contributed by atoms with van der Waals surface area (Å²) in [4.78, 5) is 13.2. The zero-order valence-corrected chi connectivity index (χ0v) is 18.9. The predicted molar refractivity (Wildman–Crippen MR) is 123 cm³/mol. The van der Waals surface area contributed by atoms with E-state index in [1.807, 2.05) is 18.2 Å². The van der Waals surface area contributed by atoms with Gasteiger partial charge >= 0.3 is 0 Å². The molecule has 0 amide bonds. The Bertz CT molecular complexity index is 1030. The van der Waals surface area contributed by atoms with Gasteiger partial charge in [-0.05, 0) is 50.6 Å². The fourth-order valence-corrected chi connectivity index (χ4v) is 4.20. The number of likely N-dealkylation sites (tertiary alicyclic amines) is 1. The number of nitrogens with zero attached hydrogens (tertiary/aromatic N) is 2. The third-order valence-corrected chi connectivity index (χ3v) is 5.88. The van der Waals surface area contributed by atoms with Crippen molar-refractivity contribution in [3.8, 4) is 11.5 Å². The maximum absolute atomic E-state index is 13.4. The van der Waals surface area contributed by atoms with Gasteiger partial charge in [0, 0.05) is 42.0 Å². The second-order valence-electron chi connectivity index (χ2n) is 7.87. The van der Waals surface area contributed by atoms with E-state index in [1.54, 1.807) is 13.2 Å². The summed E-state index contributed by atoms with van der Waals surface area (Å²) in [6, 6.07) is 10.2. The third-order valence-electron chi connectivity index (χ3n) is 5.88. The lowest BCUT2D eigenvalue weighted by Gasteiger charge is -2.30. The van der Waals surface area contributed by atoms with Gasteiger partial charge in [0.15, 0.2) is 0 Å². The van der Waals surface area contributed by atoms with Crippen LogP contribution in [-0.4, -0.2) is 49.7 Å². The highest BCUT2D eigenvalue weighted by Crippen LogP contribution is 2.33. The molecule has 0 bridgehead atoms. The van der Waals surface area contributed by atoms with E-state index in [9.17, 15) is 9.18 Å². The van der Waals surface area contributed by atoms with E-state index in [2.05, 4.69) is 10.1 Å². The molecule has 32 heavy (non-hydrogen) atoms. The van der Waals surface area contributed by atoms with Crippen LogP contribution in [0, 0.1) is 5.82 Å². The smallest absolute Gasteiger partial charge is 0.147 e. The maximum atomic E-state index is 13.4. The van der Waals surface area contributed by atoms with Crippen molar-refractivity contribution in [2.24, 2.45) is 0 Å². The number of piperidine rings is 1. The van der Waals surface area contributed by atoms with Crippen LogP contribution in [0.5, 0.6) is 11.5 Å². The van der Waals surface area contributed by atoms with Gasteiger partial charge in [-0.25, -0.2) is 4.39 Å². The summed E-state index contributed by atoms with van der Waals surface area (Å²) >= 11 is 0. The van der Waals surface area contributed by atoms with E-state index >= 15 is 0 Å². The Kier molecular flexibility index (Phi) is 8.47. The monoisotopic (exact) mass is 462 g/mol. The number of methoxy groups -OCH3 is 1. The number of benzene rings is 2. The van der Waals surface area contributed by atoms with Crippen molar-refractivity contribution < 1.29 is 23.2 Å². The number of carbonyl (C=O) groups excluding carboxylic acids is 1. The lowest BCUT2D eigenvalue weighted by Crippen LogP contribution is -2.34. The van der Waals surface area contributed by atoms with Crippen LogP contribution in [-0.2, 0) is 11.2 Å². The Morgan fingerprint density at radius 3 is 2.78 bits per heavy atom. The Balaban J connectivity index is 0.00000289. The zero-order valence-electron chi connectivity index (χ0n) is 18.1. The minimum atomic E-state index is -0.292. The summed E-state index contributed by atoms with van der Waals surface area (Å²) in [6.07, 6.45) is 4.12. The topological polar surface area (TPSA) is 64.8 Å². The van der Waals surface area contributed by atoms with Crippen LogP contribution in [0.15, 0.2) is 40.9 Å². The van der Waals surface area contributed by atoms with Gasteiger partial charge < -0.3 is 23.7 Å². The van der Waals surface area contributed by atoms with Crippen LogP contribution in [0.2, 0.25) is 0 Å². The molecule has 172 valence electrons. The molecule has 1 aromatic heterocycles. The molecule has 2 heterocycles. The van der Waals surface area contributed by atoms with Gasteiger partial charge in [-0.1, -0.05) is 11.2 Å². The molecule has 0 saturated carbocycles. The van der Waals surface area contributed by atoms with Crippen LogP contribution < -0.4 is 9.47 Å². The molecule has 1 aliphatic heterocycles. The minimum absolute atomic E-state index is 0. The fourth-order valence-electron chi connectivity index (χ4n) is 4.20. The largest absolute Gasteiger partial charge is 0.496 e. The standard InChI is InChI=1S/C24H27FN2O4.ClH/c1-29-23-16-20(5-3-17(23)9-13-28)30-14-2-10-27-11-7-18(8-12-27)24-21-6-4-19(25)15-22(21)26-31-24;/h3-6,13,15-16,18H,2,7-12,14H2,1H3;1H. The normalized spacial score (nSPS) is 14.8. The highest BCUT2D eigenvalue weighted by Gasteiger charge is 2.25. The Morgan fingerprint density at radius 1 is 1.22 bits per heavy atom. The van der Waals surface area contributed by atoms with E-state index in [4.69, 9.17) is 14.0 Å². The van der Waals surface area contributed by atoms with Crippen molar-refractivity contribution >= 4 is 29.6 Å². The third kappa shape index (κ3) is 5.58. The fraction of sp³-hybridized carbons (Fsp3) is 0.417. The molecular weight excluding hydrogens is 435 g/mol. The molecule has 0 N–H and O–H groups in total. The number of ether oxygens (including phenoxy) is 2. The highest BCUT2D eigenvalue weighted by atomic mass is 35.5. The first-order valence-electron chi connectivity index (χ1n) is 10.7. The quantitative estimate of drug-likeness (QED) is 0.336. The van der Waals surface area contributed by atoms with Crippen LogP contribution in [0.3, 0.4) is 0 Å². The van der Waals surface area contributed by atoms with E-state index in [1.165, 1.54) is 12.1 Å². The molecule has 3 aromatic rings. The van der Waals surface area contributed by atoms with E-state index in [-0.39, 0.29) is 18.2 Å². The average Bonchev–Trinajstić information content (AvgIpc) is 3.21. The first-order chi connectivity index (χ1) is 15.2. The molecular formula is C24H28ClFN2O4. The summed E-state index contributed by atoms with van der Waals surface area (Å²) in [6.45, 7) is 3.56. The van der Waals surface area contributed by atoms with Crippen molar-refractivity contribution in [1.29, 1.82) is 0 Å². The summed E-state index contributed by atoms with van der Waals surface area (Å²) in [5, 5.41) is 4.94. The van der Waals surface area contributed by atoms with Crippen molar-refractivity contribution in [2.45, 2.75) is 31.6 Å². The van der Waals surface area contributed by atoms with Crippen molar-refractivity contribution in [3.63, 3.8) is 0 Å². The van der Waals surface area contributed by atoms with E-state index in [0.29, 0.717) is 30.2 Å². The number of halogens is 2. The average molecular weight is 463 g/mol. The molecule has 1 aliphatic rings. The van der Waals surface area contributed by atoms with Crippen LogP contribution in [0.1, 0.15) is 36.5 Å². The summed E-state index contributed by atoms with van der Waals surface area (Å²) in [5.74, 6) is 2.33. The number of carbonyl (C=O) groups is 1. The molecule has 0 aliphatic carbocycles. The molecule has 0 radical (unpaired) electrons. The van der Waals surface area contributed by atoms with Gasteiger partial charge in [0.05, 0.1) is 13.7 Å². The van der Waals surface area contributed by atoms with Gasteiger partial charge in [-0.2, -0.15) is 0 Å². The first kappa shape index (κ1) is 24.0. The number of hydrogen-bond donors (Lipinski definition) is 0. The molecule has 1 fully saturated rings. The number of hydrogen-bond acceptors (Lipinski definition) is 6. The SMILES string of the molecule is COc1cc(OCCCN2CCC(c3onc4cc(F)ccc34)CC2)ccc1CC=O.Cl. The zero-order chi connectivity index (χ0) is 21.6. The van der Waals surface area contributed by atoms with Gasteiger partial charge in [-0.15, -0.1) is 12.4 Å². The van der Waals surface area contributed by atoms with Crippen LogP contribution in [0.25, 0.3) is 10.9 Å². The van der Waals surface area contributed by atoms with Crippen molar-refractivity contribution in [3.05, 3.63) is 53.5 Å². The molecule has 1 saturated heterocycles. The van der Waals surface area contributed by atoms with Gasteiger partial charge in [0.1, 0.15) is 34.9 Å². The van der Waals surface area contributed by atoms with Gasteiger partial charge in [0.25, 0.3) is 0 Å². The lowest BCUT2D eigenvalue weighted by atomic mass is 9.92. The van der Waals surface area contributed by atoms with Crippen LogP contribution >= 0.6 is 12.4 Å². The molecule has 4 rings (SSSR count). The number of rotatable bonds is 9. The molecule has 0 atom stereocenters. The summed E-state index contributed by atoms with van der Waals surface area (Å²) < 4.78 is 30.1. The number of aldehydes is 1. The van der Waals surface area contributed by atoms with Crippen LogP contribution in [0.4, 0.5) is 4.39 Å². The first-order valence-corrected chi connectivity index (χ1v) is 10.7. The molecule has 6 nitrogen and oxygen atoms in total. The van der Waals surface area contributed by atoms with Crippen molar-refractivity contribution in [1.82, 2.24) is 10.1 Å². The second-order valence-corrected chi connectivity index (χ2v) is 7.87. The maximum Gasteiger partial charge on any atom is 0.147 e. The van der Waals surface area contributed by atoms with E-state index in [0.717, 1.165) is 67.6 Å². The molecule has 0 spiro atoms. The van der Waals surface area contributed by atoms with Crippen molar-refractivity contribution in [2.75, 3.05) is 33.4 Å². The minimum Gasteiger partial charge on any atom is -0.496 e. The molecule has 2 aromatic carbocycles. The van der Waals surface area contributed by atoms with Gasteiger partial charge in [0.2, 0.25) is 0 Å². The second kappa shape index (κ2) is 11.3. The Hall–Kier alpha value is -2.64. The van der Waals surface area contributed by atoms with E-state index < -0.39 is 0 Å². The lowest BCUT2D eigenvalue weighted by molar-refractivity contribution is -0.107. The molecule has 8 heteroatoms. The number of fused-ring (bicyclic) bond motifs is 1. The summed E-state index contributed by atoms with van der Waals surface area (Å²) in [7, 11) is 1.59. The highest BCUT2D eigenvalue weighted by molar-refractivity contribution is 5.85. The summed E-state index contributed by atoms with van der Waals surface area (Å²) in [5.41, 5.74) is 1.45. The number of aromatic nitrogens is 1. The predicted octanol–water partition coefficient (Wildman–Crippen LogP) is 4.79. The van der Waals surface area contributed by atoms with Gasteiger partial charge in [-0.3, -0.25) is 0 Å².